The first-order chi connectivity index (χ1) is 9.53. The summed E-state index contributed by atoms with van der Waals surface area (Å²) in [5.41, 5.74) is 0. The molecule has 126 valence electrons. The SMILES string of the molecule is ClCC(Cl)(Cl)Cl.O=S(=O)(F)F.P.c1ccc2ccccc2c1. The molecule has 0 aliphatic heterocycles. The molecule has 0 bridgehead atoms. The molecule has 0 fully saturated rings. The number of alkyl halides is 4. The van der Waals surface area contributed by atoms with Crippen LogP contribution in [0, 0.1) is 0 Å². The molecule has 0 aromatic heterocycles. The van der Waals surface area contributed by atoms with E-state index in [1.165, 1.54) is 10.8 Å². The molecule has 2 aromatic rings. The quantitative estimate of drug-likeness (QED) is 0.306. The molecule has 0 N–H and O–H groups in total. The second-order valence-corrected chi connectivity index (χ2v) is 7.01. The average molecular weight is 432 g/mol. The number of fused-ring (bicyclic) bond motifs is 1. The molecule has 0 saturated heterocycles. The van der Waals surface area contributed by atoms with Crippen molar-refractivity contribution >= 4 is 77.7 Å². The van der Waals surface area contributed by atoms with Crippen LogP contribution < -0.4 is 0 Å². The molecule has 2 rings (SSSR count). The molecule has 10 heteroatoms. The van der Waals surface area contributed by atoms with E-state index in [4.69, 9.17) is 54.8 Å². The molecule has 0 amide bonds. The molecule has 0 heterocycles. The van der Waals surface area contributed by atoms with Crippen LogP contribution >= 0.6 is 56.3 Å². The van der Waals surface area contributed by atoms with Gasteiger partial charge < -0.3 is 0 Å². The largest absolute Gasteiger partial charge is 0.476 e. The monoisotopic (exact) mass is 430 g/mol. The smallest absolute Gasteiger partial charge is 0.160 e. The maximum Gasteiger partial charge on any atom is 0.476 e. The van der Waals surface area contributed by atoms with Gasteiger partial charge in [0.05, 0.1) is 5.88 Å². The predicted octanol–water partition coefficient (Wildman–Crippen LogP) is 5.66. The molecule has 1 atom stereocenters. The van der Waals surface area contributed by atoms with Gasteiger partial charge in [-0.15, -0.1) is 11.6 Å². The Bertz CT molecular complexity index is 577. The summed E-state index contributed by atoms with van der Waals surface area (Å²) >= 11 is 20.4. The van der Waals surface area contributed by atoms with Crippen molar-refractivity contribution in [1.29, 1.82) is 0 Å². The van der Waals surface area contributed by atoms with E-state index in [-0.39, 0.29) is 15.8 Å². The van der Waals surface area contributed by atoms with Gasteiger partial charge in [-0.05, 0) is 10.8 Å². The topological polar surface area (TPSA) is 34.1 Å². The van der Waals surface area contributed by atoms with Gasteiger partial charge in [-0.1, -0.05) is 91.1 Å². The van der Waals surface area contributed by atoms with Crippen LogP contribution in [0.15, 0.2) is 48.5 Å². The van der Waals surface area contributed by atoms with E-state index in [0.29, 0.717) is 0 Å². The number of hydrogen-bond donors (Lipinski definition) is 0. The van der Waals surface area contributed by atoms with Crippen molar-refractivity contribution < 1.29 is 16.2 Å². The first-order valence-corrected chi connectivity index (χ1v) is 8.19. The highest BCUT2D eigenvalue weighted by Gasteiger charge is 2.16. The lowest BCUT2D eigenvalue weighted by molar-refractivity contribution is 0.501. The lowest BCUT2D eigenvalue weighted by Gasteiger charge is -2.00. The van der Waals surface area contributed by atoms with E-state index < -0.39 is 14.4 Å². The van der Waals surface area contributed by atoms with Crippen LogP contribution in [-0.4, -0.2) is 18.1 Å². The molecular formula is C12H13Cl4F2O2PS. The fourth-order valence-electron chi connectivity index (χ4n) is 1.13. The molecule has 2 nitrogen and oxygen atoms in total. The van der Waals surface area contributed by atoms with Gasteiger partial charge in [-0.25, -0.2) is 0 Å². The van der Waals surface area contributed by atoms with Crippen molar-refractivity contribution in [3.63, 3.8) is 0 Å². The number of benzene rings is 2. The Labute approximate surface area is 151 Å². The first kappa shape index (κ1) is 24.4. The third-order valence-corrected chi connectivity index (χ3v) is 3.02. The summed E-state index contributed by atoms with van der Waals surface area (Å²) in [4.78, 5) is 0. The van der Waals surface area contributed by atoms with Gasteiger partial charge in [-0.3, -0.25) is 0 Å². The van der Waals surface area contributed by atoms with Crippen LogP contribution in [0.3, 0.4) is 0 Å². The highest BCUT2D eigenvalue weighted by Crippen LogP contribution is 2.26. The summed E-state index contributed by atoms with van der Waals surface area (Å²) in [7, 11) is -5.67. The van der Waals surface area contributed by atoms with Gasteiger partial charge in [0, 0.05) is 0 Å². The van der Waals surface area contributed by atoms with Crippen molar-refractivity contribution in [3.8, 4) is 0 Å². The van der Waals surface area contributed by atoms with E-state index in [2.05, 4.69) is 48.5 Å². The minimum absolute atomic E-state index is 0. The standard InChI is InChI=1S/C10H8.C2H2Cl4.F2O2S.H3P/c1-2-6-10-8-4-3-7-9(10)5-1;3-1-2(4,5)6;1-5(2,3)4;/h1-8H;1H2;;1H3. The lowest BCUT2D eigenvalue weighted by Crippen LogP contribution is -2.01. The zero-order valence-electron chi connectivity index (χ0n) is 11.0. The summed E-state index contributed by atoms with van der Waals surface area (Å²) in [6.45, 7) is 0. The molecule has 2 aromatic carbocycles. The zero-order valence-corrected chi connectivity index (χ0v) is 16.3. The van der Waals surface area contributed by atoms with Gasteiger partial charge in [0.15, 0.2) is 0 Å². The Balaban J connectivity index is 0. The van der Waals surface area contributed by atoms with E-state index in [0.717, 1.165) is 0 Å². The lowest BCUT2D eigenvalue weighted by atomic mass is 10.1. The molecular weight excluding hydrogens is 419 g/mol. The second kappa shape index (κ2) is 11.6. The third kappa shape index (κ3) is 16.5. The van der Waals surface area contributed by atoms with Crippen LogP contribution in [0.2, 0.25) is 0 Å². The summed E-state index contributed by atoms with van der Waals surface area (Å²) < 4.78 is 35.3. The van der Waals surface area contributed by atoms with Crippen molar-refractivity contribution in [2.45, 2.75) is 3.79 Å². The van der Waals surface area contributed by atoms with Crippen LogP contribution in [0.25, 0.3) is 10.8 Å². The number of hydrogen-bond acceptors (Lipinski definition) is 2. The van der Waals surface area contributed by atoms with E-state index in [9.17, 15) is 7.77 Å². The van der Waals surface area contributed by atoms with Gasteiger partial charge >= 0.3 is 10.6 Å². The molecule has 0 saturated carbocycles. The van der Waals surface area contributed by atoms with Gasteiger partial charge in [0.2, 0.25) is 3.79 Å². The summed E-state index contributed by atoms with van der Waals surface area (Å²) in [5.74, 6) is 0.0394. The highest BCUT2D eigenvalue weighted by atomic mass is 35.6. The molecule has 1 unspecified atom stereocenters. The molecule has 22 heavy (non-hydrogen) atoms. The second-order valence-electron chi connectivity index (χ2n) is 3.47. The van der Waals surface area contributed by atoms with Crippen molar-refractivity contribution in [3.05, 3.63) is 48.5 Å². The van der Waals surface area contributed by atoms with Crippen molar-refractivity contribution in [2.24, 2.45) is 0 Å². The number of halogens is 6. The fraction of sp³-hybridized carbons (Fsp3) is 0.167. The van der Waals surface area contributed by atoms with Crippen molar-refractivity contribution in [1.82, 2.24) is 0 Å². The first-order valence-electron chi connectivity index (χ1n) is 5.23. The Hall–Kier alpha value is 0.100. The summed E-state index contributed by atoms with van der Waals surface area (Å²) in [5, 5.41) is 2.62. The Kier molecular flexibility index (Phi) is 12.8. The van der Waals surface area contributed by atoms with Gasteiger partial charge in [0.25, 0.3) is 0 Å². The normalized spacial score (nSPS) is 10.5. The minimum atomic E-state index is -5.67. The molecule has 0 aliphatic carbocycles. The van der Waals surface area contributed by atoms with Crippen LogP contribution in [0.5, 0.6) is 0 Å². The van der Waals surface area contributed by atoms with Crippen LogP contribution in [-0.2, 0) is 10.6 Å². The zero-order chi connectivity index (χ0) is 16.5. The summed E-state index contributed by atoms with van der Waals surface area (Å²) in [6, 6.07) is 16.7. The van der Waals surface area contributed by atoms with Gasteiger partial charge in [0.1, 0.15) is 0 Å². The number of rotatable bonds is 0. The third-order valence-electron chi connectivity index (χ3n) is 1.81. The Morgan fingerprint density at radius 3 is 1.18 bits per heavy atom. The van der Waals surface area contributed by atoms with E-state index in [1.807, 2.05) is 0 Å². The Morgan fingerprint density at radius 2 is 1.05 bits per heavy atom. The maximum atomic E-state index is 9.99. The Morgan fingerprint density at radius 1 is 0.864 bits per heavy atom. The van der Waals surface area contributed by atoms with Crippen molar-refractivity contribution in [2.75, 3.05) is 5.88 Å². The van der Waals surface area contributed by atoms with Crippen LogP contribution in [0.1, 0.15) is 0 Å². The molecule has 0 spiro atoms. The molecule has 0 aliphatic rings. The minimum Gasteiger partial charge on any atom is -0.160 e. The van der Waals surface area contributed by atoms with E-state index in [1.54, 1.807) is 0 Å². The van der Waals surface area contributed by atoms with E-state index >= 15 is 0 Å². The maximum absolute atomic E-state index is 9.99. The van der Waals surface area contributed by atoms with Gasteiger partial charge in [-0.2, -0.15) is 18.3 Å². The molecule has 0 radical (unpaired) electrons. The highest BCUT2D eigenvalue weighted by molar-refractivity contribution is 7.81. The average Bonchev–Trinajstić information content (AvgIpc) is 2.37. The predicted molar refractivity (Wildman–Crippen MR) is 97.2 cm³/mol. The van der Waals surface area contributed by atoms with Crippen LogP contribution in [0.4, 0.5) is 7.77 Å². The fourth-order valence-corrected chi connectivity index (χ4v) is 1.13. The summed E-state index contributed by atoms with van der Waals surface area (Å²) in [6.07, 6.45) is 0.